The summed E-state index contributed by atoms with van der Waals surface area (Å²) < 4.78 is 2.69. The van der Waals surface area contributed by atoms with E-state index in [9.17, 15) is 0 Å². The highest BCUT2D eigenvalue weighted by atomic mass is 32.1. The maximum absolute atomic E-state index is 2.36. The highest BCUT2D eigenvalue weighted by Crippen LogP contribution is 2.42. The Bertz CT molecular complexity index is 2670. The summed E-state index contributed by atoms with van der Waals surface area (Å²) in [5, 5.41) is 7.81. The molecule has 10 aromatic rings. The van der Waals surface area contributed by atoms with E-state index >= 15 is 0 Å². The van der Waals surface area contributed by atoms with Crippen molar-refractivity contribution in [2.45, 2.75) is 0 Å². The summed E-state index contributed by atoms with van der Waals surface area (Å²) >= 11 is 3.75. The molecule has 240 valence electrons. The molecule has 0 aliphatic heterocycles. The number of hydrogen-bond donors (Lipinski definition) is 0. The van der Waals surface area contributed by atoms with E-state index in [0.717, 1.165) is 17.1 Å². The Morgan fingerprint density at radius 1 is 0.294 bits per heavy atom. The summed E-state index contributed by atoms with van der Waals surface area (Å²) in [6.07, 6.45) is 0. The van der Waals surface area contributed by atoms with E-state index < -0.39 is 0 Å². The van der Waals surface area contributed by atoms with Crippen LogP contribution >= 0.6 is 22.7 Å². The van der Waals surface area contributed by atoms with Crippen molar-refractivity contribution in [3.8, 4) is 32.0 Å². The molecule has 0 aliphatic rings. The molecule has 0 aliphatic carbocycles. The zero-order valence-corrected chi connectivity index (χ0v) is 29.3. The Balaban J connectivity index is 1.03. The van der Waals surface area contributed by atoms with Crippen LogP contribution in [0.2, 0.25) is 0 Å². The number of anilines is 3. The van der Waals surface area contributed by atoms with E-state index in [-0.39, 0.29) is 0 Å². The van der Waals surface area contributed by atoms with Crippen molar-refractivity contribution in [1.82, 2.24) is 0 Å². The van der Waals surface area contributed by atoms with Gasteiger partial charge in [0, 0.05) is 36.2 Å². The molecular weight excluding hydrogens is 655 g/mol. The normalized spacial score (nSPS) is 11.5. The van der Waals surface area contributed by atoms with Crippen molar-refractivity contribution in [2.75, 3.05) is 4.90 Å². The molecule has 2 heterocycles. The lowest BCUT2D eigenvalue weighted by molar-refractivity contribution is 1.28. The Morgan fingerprint density at radius 2 is 0.667 bits per heavy atom. The Kier molecular flexibility index (Phi) is 7.26. The maximum Gasteiger partial charge on any atom is 0.0462 e. The van der Waals surface area contributed by atoms with Gasteiger partial charge in [0.25, 0.3) is 0 Å². The fourth-order valence-corrected chi connectivity index (χ4v) is 9.65. The third-order valence-electron chi connectivity index (χ3n) is 9.87. The van der Waals surface area contributed by atoms with E-state index in [2.05, 4.69) is 193 Å². The predicted molar refractivity (Wildman–Crippen MR) is 223 cm³/mol. The van der Waals surface area contributed by atoms with Crippen LogP contribution in [-0.2, 0) is 0 Å². The summed E-state index contributed by atoms with van der Waals surface area (Å²) in [7, 11) is 0. The minimum absolute atomic E-state index is 1.12. The smallest absolute Gasteiger partial charge is 0.0462 e. The lowest BCUT2D eigenvalue weighted by Gasteiger charge is -2.26. The summed E-state index contributed by atoms with van der Waals surface area (Å²) in [5.74, 6) is 0. The monoisotopic (exact) mass is 685 g/mol. The van der Waals surface area contributed by atoms with Crippen LogP contribution in [0.3, 0.4) is 0 Å². The molecule has 0 bridgehead atoms. The van der Waals surface area contributed by atoms with Crippen molar-refractivity contribution >= 4 is 81.5 Å². The molecular formula is C48H31NS2. The van der Waals surface area contributed by atoms with Gasteiger partial charge in [0.1, 0.15) is 0 Å². The number of benzene rings is 8. The molecule has 0 radical (unpaired) electrons. The van der Waals surface area contributed by atoms with E-state index in [1.165, 1.54) is 73.7 Å². The first-order chi connectivity index (χ1) is 25.2. The van der Waals surface area contributed by atoms with Gasteiger partial charge in [-0.1, -0.05) is 140 Å². The fraction of sp³-hybridized carbons (Fsp3) is 0. The van der Waals surface area contributed by atoms with Crippen LogP contribution in [0.5, 0.6) is 0 Å². The third-order valence-corrected chi connectivity index (χ3v) is 12.3. The minimum Gasteiger partial charge on any atom is -0.311 e. The summed E-state index contributed by atoms with van der Waals surface area (Å²) in [6, 6.07) is 68.6. The van der Waals surface area contributed by atoms with Crippen LogP contribution in [0.1, 0.15) is 0 Å². The Morgan fingerprint density at radius 3 is 1.14 bits per heavy atom. The van der Waals surface area contributed by atoms with Gasteiger partial charge in [-0.15, -0.1) is 22.7 Å². The fourth-order valence-electron chi connectivity index (χ4n) is 7.25. The molecule has 0 N–H and O–H groups in total. The molecule has 0 atom stereocenters. The first-order valence-corrected chi connectivity index (χ1v) is 18.9. The zero-order valence-electron chi connectivity index (χ0n) is 27.7. The molecule has 0 amide bonds. The van der Waals surface area contributed by atoms with E-state index in [1.54, 1.807) is 0 Å². The highest BCUT2D eigenvalue weighted by molar-refractivity contribution is 7.23. The molecule has 0 fully saturated rings. The number of nitrogens with zero attached hydrogens (tertiary/aromatic N) is 1. The molecule has 51 heavy (non-hydrogen) atoms. The lowest BCUT2D eigenvalue weighted by Crippen LogP contribution is -2.09. The quantitative estimate of drug-likeness (QED) is 0.168. The van der Waals surface area contributed by atoms with Gasteiger partial charge in [0.15, 0.2) is 0 Å². The minimum atomic E-state index is 1.12. The number of rotatable bonds is 6. The molecule has 1 nitrogen and oxygen atoms in total. The second kappa shape index (κ2) is 12.4. The number of hydrogen-bond acceptors (Lipinski definition) is 3. The lowest BCUT2D eigenvalue weighted by atomic mass is 10.0. The first kappa shape index (κ1) is 29.9. The molecule has 2 aromatic heterocycles. The Hall–Kier alpha value is -6.00. The first-order valence-electron chi connectivity index (χ1n) is 17.2. The van der Waals surface area contributed by atoms with Gasteiger partial charge in [-0.05, 0) is 103 Å². The Labute approximate surface area is 304 Å². The van der Waals surface area contributed by atoms with E-state index in [4.69, 9.17) is 0 Å². The van der Waals surface area contributed by atoms with Crippen molar-refractivity contribution in [2.24, 2.45) is 0 Å². The van der Waals surface area contributed by atoms with Crippen LogP contribution in [-0.4, -0.2) is 0 Å². The zero-order chi connectivity index (χ0) is 33.7. The summed E-state index contributed by atoms with van der Waals surface area (Å²) in [4.78, 5) is 4.93. The average molecular weight is 686 g/mol. The number of fused-ring (bicyclic) bond motifs is 6. The molecule has 0 unspecified atom stereocenters. The second-order valence-corrected chi connectivity index (χ2v) is 15.1. The largest absolute Gasteiger partial charge is 0.311 e. The highest BCUT2D eigenvalue weighted by Gasteiger charge is 2.16. The maximum atomic E-state index is 2.36. The predicted octanol–water partition coefficient (Wildman–Crippen LogP) is 14.9. The van der Waals surface area contributed by atoms with Gasteiger partial charge in [-0.3, -0.25) is 0 Å². The van der Waals surface area contributed by atoms with Gasteiger partial charge >= 0.3 is 0 Å². The van der Waals surface area contributed by atoms with Gasteiger partial charge in [0.05, 0.1) is 0 Å². The van der Waals surface area contributed by atoms with E-state index in [0.29, 0.717) is 0 Å². The SMILES string of the molecule is c1ccc(-c2ccc(N(c3ccc(-c4cc5ccc6ccccc6c5s4)cc3)c3ccc(-c4cc5ccc6ccccc6c5s4)cc3)cc2)cc1. The molecule has 3 heteroatoms. The van der Waals surface area contributed by atoms with Crippen LogP contribution < -0.4 is 4.90 Å². The van der Waals surface area contributed by atoms with Crippen molar-refractivity contribution in [1.29, 1.82) is 0 Å². The molecule has 0 spiro atoms. The van der Waals surface area contributed by atoms with Gasteiger partial charge < -0.3 is 4.90 Å². The standard InChI is InChI=1S/C48H31NS2/c1-2-8-32(9-3-1)33-18-24-40(25-19-33)49(41-26-20-36(21-27-41)45-30-38-16-14-34-10-4-6-12-43(34)47(38)50-45)42-28-22-37(23-29-42)46-31-39-17-15-35-11-5-7-13-44(35)48(39)51-46/h1-31H. The van der Waals surface area contributed by atoms with Gasteiger partial charge in [-0.25, -0.2) is 0 Å². The number of thiophene rings is 2. The molecule has 8 aromatic carbocycles. The van der Waals surface area contributed by atoms with Crippen molar-refractivity contribution in [3.63, 3.8) is 0 Å². The molecule has 0 saturated heterocycles. The van der Waals surface area contributed by atoms with Crippen LogP contribution in [0, 0.1) is 0 Å². The molecule has 0 saturated carbocycles. The van der Waals surface area contributed by atoms with Crippen LogP contribution in [0.4, 0.5) is 17.1 Å². The van der Waals surface area contributed by atoms with E-state index in [1.807, 2.05) is 22.7 Å². The topological polar surface area (TPSA) is 3.24 Å². The average Bonchev–Trinajstić information content (AvgIpc) is 3.85. The summed E-state index contributed by atoms with van der Waals surface area (Å²) in [5.41, 5.74) is 8.26. The summed E-state index contributed by atoms with van der Waals surface area (Å²) in [6.45, 7) is 0. The van der Waals surface area contributed by atoms with Crippen molar-refractivity contribution in [3.05, 3.63) is 188 Å². The van der Waals surface area contributed by atoms with Crippen LogP contribution in [0.25, 0.3) is 73.7 Å². The van der Waals surface area contributed by atoms with Gasteiger partial charge in [-0.2, -0.15) is 0 Å². The molecule has 10 rings (SSSR count). The van der Waals surface area contributed by atoms with Gasteiger partial charge in [0.2, 0.25) is 0 Å². The van der Waals surface area contributed by atoms with Crippen LogP contribution in [0.15, 0.2) is 188 Å². The third kappa shape index (κ3) is 5.39. The van der Waals surface area contributed by atoms with Crippen molar-refractivity contribution < 1.29 is 0 Å². The second-order valence-electron chi connectivity index (χ2n) is 13.0.